The number of hydrogen-bond acceptors (Lipinski definition) is 3. The molecule has 0 spiro atoms. The first-order valence-electron chi connectivity index (χ1n) is 6.29. The van der Waals surface area contributed by atoms with Gasteiger partial charge in [-0.15, -0.1) is 0 Å². The average Bonchev–Trinajstić information content (AvgIpc) is 2.66. The largest absolute Gasteiger partial charge is 0.326 e. The fourth-order valence-corrected chi connectivity index (χ4v) is 2.29. The Hall–Kier alpha value is -2.12. The van der Waals surface area contributed by atoms with Crippen LogP contribution in [0.5, 0.6) is 0 Å². The van der Waals surface area contributed by atoms with E-state index < -0.39 is 0 Å². The second kappa shape index (κ2) is 5.25. The highest BCUT2D eigenvalue weighted by Gasteiger charge is 2.11. The predicted molar refractivity (Wildman–Crippen MR) is 74.6 cm³/mol. The van der Waals surface area contributed by atoms with Crippen molar-refractivity contribution < 1.29 is 0 Å². The van der Waals surface area contributed by atoms with E-state index in [0.29, 0.717) is 18.7 Å². The fraction of sp³-hybridized carbons (Fsp3) is 0.333. The summed E-state index contributed by atoms with van der Waals surface area (Å²) in [6, 6.07) is 7.90. The van der Waals surface area contributed by atoms with E-state index in [2.05, 4.69) is 11.2 Å². The summed E-state index contributed by atoms with van der Waals surface area (Å²) in [5, 5.41) is 13.4. The number of nitriles is 1. The zero-order chi connectivity index (χ0) is 14.0. The smallest absolute Gasteiger partial charge is 0.0991 e. The van der Waals surface area contributed by atoms with Crippen molar-refractivity contribution >= 4 is 0 Å². The molecule has 0 saturated carbocycles. The number of nitrogens with two attached hydrogens (primary N) is 1. The van der Waals surface area contributed by atoms with Crippen LogP contribution >= 0.6 is 0 Å². The maximum Gasteiger partial charge on any atom is 0.0991 e. The molecule has 4 heteroatoms. The van der Waals surface area contributed by atoms with E-state index >= 15 is 0 Å². The molecule has 0 amide bonds. The van der Waals surface area contributed by atoms with E-state index in [1.54, 1.807) is 0 Å². The number of rotatable bonds is 3. The highest BCUT2D eigenvalue weighted by molar-refractivity contribution is 5.38. The first-order valence-corrected chi connectivity index (χ1v) is 6.29. The van der Waals surface area contributed by atoms with Crippen LogP contribution in [-0.4, -0.2) is 9.78 Å². The van der Waals surface area contributed by atoms with Gasteiger partial charge in [0.1, 0.15) is 0 Å². The molecule has 0 radical (unpaired) electrons. The Balaban J connectivity index is 2.34. The predicted octanol–water partition coefficient (Wildman–Crippen LogP) is 2.19. The molecular formula is C15H18N4. The van der Waals surface area contributed by atoms with Crippen molar-refractivity contribution in [3.05, 3.63) is 51.8 Å². The first kappa shape index (κ1) is 13.3. The van der Waals surface area contributed by atoms with Crippen molar-refractivity contribution in [1.29, 1.82) is 5.26 Å². The van der Waals surface area contributed by atoms with Crippen LogP contribution in [0.2, 0.25) is 0 Å². The highest BCUT2D eigenvalue weighted by Crippen LogP contribution is 2.16. The topological polar surface area (TPSA) is 67.6 Å². The van der Waals surface area contributed by atoms with Gasteiger partial charge in [-0.05, 0) is 44.0 Å². The fourth-order valence-electron chi connectivity index (χ4n) is 2.29. The van der Waals surface area contributed by atoms with E-state index in [1.807, 2.05) is 43.7 Å². The van der Waals surface area contributed by atoms with Gasteiger partial charge in [-0.3, -0.25) is 4.68 Å². The van der Waals surface area contributed by atoms with Gasteiger partial charge in [-0.2, -0.15) is 10.4 Å². The van der Waals surface area contributed by atoms with E-state index in [9.17, 15) is 0 Å². The Morgan fingerprint density at radius 2 is 2.05 bits per heavy atom. The van der Waals surface area contributed by atoms with Gasteiger partial charge >= 0.3 is 0 Å². The molecule has 0 aliphatic heterocycles. The monoisotopic (exact) mass is 254 g/mol. The van der Waals surface area contributed by atoms with Crippen LogP contribution in [0, 0.1) is 32.1 Å². The molecule has 0 fully saturated rings. The van der Waals surface area contributed by atoms with Crippen LogP contribution in [0.4, 0.5) is 0 Å². The zero-order valence-corrected chi connectivity index (χ0v) is 11.6. The zero-order valence-electron chi connectivity index (χ0n) is 11.6. The summed E-state index contributed by atoms with van der Waals surface area (Å²) in [4.78, 5) is 0. The van der Waals surface area contributed by atoms with Gasteiger partial charge in [-0.25, -0.2) is 0 Å². The summed E-state index contributed by atoms with van der Waals surface area (Å²) in [5.41, 5.74) is 11.9. The van der Waals surface area contributed by atoms with Gasteiger partial charge < -0.3 is 5.73 Å². The summed E-state index contributed by atoms with van der Waals surface area (Å²) in [6.07, 6.45) is 0. The highest BCUT2D eigenvalue weighted by atomic mass is 15.3. The molecule has 1 aromatic heterocycles. The minimum atomic E-state index is 0.518. The maximum atomic E-state index is 8.88. The summed E-state index contributed by atoms with van der Waals surface area (Å²) in [7, 11) is 0. The molecule has 0 unspecified atom stereocenters. The van der Waals surface area contributed by atoms with E-state index in [-0.39, 0.29) is 0 Å². The molecule has 0 atom stereocenters. The Morgan fingerprint density at radius 1 is 1.32 bits per heavy atom. The lowest BCUT2D eigenvalue weighted by atomic mass is 10.1. The van der Waals surface area contributed by atoms with Crippen molar-refractivity contribution in [3.8, 4) is 6.07 Å². The molecule has 1 aromatic carbocycles. The third-order valence-corrected chi connectivity index (χ3v) is 3.53. The molecule has 98 valence electrons. The van der Waals surface area contributed by atoms with Crippen molar-refractivity contribution in [2.75, 3.05) is 0 Å². The van der Waals surface area contributed by atoms with Gasteiger partial charge in [0.05, 0.1) is 23.9 Å². The Labute approximate surface area is 113 Å². The van der Waals surface area contributed by atoms with Crippen LogP contribution in [-0.2, 0) is 13.1 Å². The SMILES string of the molecule is Cc1cc(C#N)ccc1Cn1nc(C)c(CN)c1C. The van der Waals surface area contributed by atoms with E-state index in [1.165, 1.54) is 5.56 Å². The van der Waals surface area contributed by atoms with Crippen molar-refractivity contribution in [3.63, 3.8) is 0 Å². The van der Waals surface area contributed by atoms with Gasteiger partial charge in [0.15, 0.2) is 0 Å². The average molecular weight is 254 g/mol. The minimum absolute atomic E-state index is 0.518. The lowest BCUT2D eigenvalue weighted by Crippen LogP contribution is -2.06. The van der Waals surface area contributed by atoms with Gasteiger partial charge in [-0.1, -0.05) is 6.07 Å². The number of aryl methyl sites for hydroxylation is 2. The lowest BCUT2D eigenvalue weighted by Gasteiger charge is -2.08. The normalized spacial score (nSPS) is 10.5. The van der Waals surface area contributed by atoms with Crippen LogP contribution in [0.3, 0.4) is 0 Å². The van der Waals surface area contributed by atoms with Crippen LogP contribution in [0.25, 0.3) is 0 Å². The van der Waals surface area contributed by atoms with Gasteiger partial charge in [0.25, 0.3) is 0 Å². The Morgan fingerprint density at radius 3 is 2.58 bits per heavy atom. The number of benzene rings is 1. The molecule has 2 aromatic rings. The number of hydrogen-bond donors (Lipinski definition) is 1. The summed E-state index contributed by atoms with van der Waals surface area (Å²) in [6.45, 7) is 7.28. The third kappa shape index (κ3) is 2.51. The summed E-state index contributed by atoms with van der Waals surface area (Å²) >= 11 is 0. The standard InChI is InChI=1S/C15H18N4/c1-10-6-13(7-16)4-5-14(10)9-19-12(3)15(8-17)11(2)18-19/h4-6H,8-9,17H2,1-3H3. The summed E-state index contributed by atoms with van der Waals surface area (Å²) < 4.78 is 1.98. The molecule has 0 aliphatic carbocycles. The molecule has 0 bridgehead atoms. The second-order valence-electron chi connectivity index (χ2n) is 4.76. The van der Waals surface area contributed by atoms with Crippen LogP contribution in [0.1, 0.15) is 33.6 Å². The maximum absolute atomic E-state index is 8.88. The molecule has 1 heterocycles. The van der Waals surface area contributed by atoms with Crippen molar-refractivity contribution in [2.24, 2.45) is 5.73 Å². The minimum Gasteiger partial charge on any atom is -0.326 e. The first-order chi connectivity index (χ1) is 9.06. The third-order valence-electron chi connectivity index (χ3n) is 3.53. The molecule has 0 aliphatic rings. The molecular weight excluding hydrogens is 236 g/mol. The Bertz CT molecular complexity index is 647. The Kier molecular flexibility index (Phi) is 3.68. The second-order valence-corrected chi connectivity index (χ2v) is 4.76. The van der Waals surface area contributed by atoms with Crippen LogP contribution < -0.4 is 5.73 Å². The van der Waals surface area contributed by atoms with E-state index in [0.717, 1.165) is 22.5 Å². The van der Waals surface area contributed by atoms with Crippen molar-refractivity contribution in [2.45, 2.75) is 33.9 Å². The number of aromatic nitrogens is 2. The quantitative estimate of drug-likeness (QED) is 0.912. The lowest BCUT2D eigenvalue weighted by molar-refractivity contribution is 0.655. The van der Waals surface area contributed by atoms with Gasteiger partial charge in [0, 0.05) is 17.8 Å². The van der Waals surface area contributed by atoms with Crippen molar-refractivity contribution in [1.82, 2.24) is 9.78 Å². The van der Waals surface area contributed by atoms with Gasteiger partial charge in [0.2, 0.25) is 0 Å². The molecule has 2 rings (SSSR count). The van der Waals surface area contributed by atoms with Crippen LogP contribution in [0.15, 0.2) is 18.2 Å². The molecule has 2 N–H and O–H groups in total. The molecule has 0 saturated heterocycles. The number of nitrogens with zero attached hydrogens (tertiary/aromatic N) is 3. The molecule has 19 heavy (non-hydrogen) atoms. The molecule has 4 nitrogen and oxygen atoms in total. The van der Waals surface area contributed by atoms with E-state index in [4.69, 9.17) is 11.0 Å². The summed E-state index contributed by atoms with van der Waals surface area (Å²) in [5.74, 6) is 0.